The third-order valence-electron chi connectivity index (χ3n) is 4.13. The van der Waals surface area contributed by atoms with Crippen LogP contribution in [0.5, 0.6) is 0 Å². The lowest BCUT2D eigenvalue weighted by molar-refractivity contribution is 0.249. The summed E-state index contributed by atoms with van der Waals surface area (Å²) in [6.07, 6.45) is 3.89. The van der Waals surface area contributed by atoms with E-state index in [0.717, 1.165) is 22.9 Å². The fraction of sp³-hybridized carbons (Fsp3) is 0.647. The summed E-state index contributed by atoms with van der Waals surface area (Å²) in [6.45, 7) is 8.21. The summed E-state index contributed by atoms with van der Waals surface area (Å²) in [7, 11) is 0. The number of hydrogen-bond donors (Lipinski definition) is 1. The van der Waals surface area contributed by atoms with Crippen LogP contribution < -0.4 is 5.32 Å². The summed E-state index contributed by atoms with van der Waals surface area (Å²) in [6, 6.07) is 9.41. The van der Waals surface area contributed by atoms with Crippen LogP contribution in [0.2, 0.25) is 0 Å². The van der Waals surface area contributed by atoms with Crippen molar-refractivity contribution >= 4 is 27.7 Å². The van der Waals surface area contributed by atoms with E-state index in [1.807, 2.05) is 0 Å². The lowest BCUT2D eigenvalue weighted by Crippen LogP contribution is -2.46. The minimum absolute atomic E-state index is 0.655. The predicted octanol–water partition coefficient (Wildman–Crippen LogP) is 5.34. The maximum absolute atomic E-state index is 3.78. The van der Waals surface area contributed by atoms with Gasteiger partial charge in [0.2, 0.25) is 0 Å². The molecular weight excluding hydrogens is 330 g/mol. The van der Waals surface area contributed by atoms with Crippen molar-refractivity contribution in [2.24, 2.45) is 11.8 Å². The second-order valence-corrected chi connectivity index (χ2v) is 8.32. The molecule has 1 fully saturated rings. The minimum atomic E-state index is 0.655. The molecule has 3 heteroatoms. The van der Waals surface area contributed by atoms with Crippen molar-refractivity contribution in [1.82, 2.24) is 5.32 Å². The van der Waals surface area contributed by atoms with Gasteiger partial charge < -0.3 is 5.32 Å². The zero-order valence-electron chi connectivity index (χ0n) is 12.7. The Morgan fingerprint density at radius 1 is 1.20 bits per heavy atom. The maximum Gasteiger partial charge on any atom is 0.0274 e. The molecule has 1 aromatic rings. The fourth-order valence-electron chi connectivity index (χ4n) is 3.23. The zero-order valence-corrected chi connectivity index (χ0v) is 15.1. The molecule has 0 aromatic heterocycles. The van der Waals surface area contributed by atoms with E-state index in [1.165, 1.54) is 24.2 Å². The molecule has 4 unspecified atom stereocenters. The van der Waals surface area contributed by atoms with Gasteiger partial charge in [-0.25, -0.2) is 0 Å². The summed E-state index contributed by atoms with van der Waals surface area (Å²) in [5.74, 6) is 1.63. The summed E-state index contributed by atoms with van der Waals surface area (Å²) in [4.78, 5) is 1.39. The molecule has 0 bridgehead atoms. The van der Waals surface area contributed by atoms with E-state index in [1.54, 1.807) is 0 Å². The van der Waals surface area contributed by atoms with Gasteiger partial charge in [0.05, 0.1) is 0 Å². The first kappa shape index (κ1) is 16.4. The molecule has 0 amide bonds. The standard InChI is InChI=1S/C17H26BrNS/c1-4-9-19-16-11-12(2)10-13(3)17(16)20-15-7-5-14(18)6-8-15/h5-8,12-13,16-17,19H,4,9-11H2,1-3H3. The van der Waals surface area contributed by atoms with Gasteiger partial charge in [-0.1, -0.05) is 36.7 Å². The van der Waals surface area contributed by atoms with Gasteiger partial charge in [-0.05, 0) is 61.9 Å². The number of benzene rings is 1. The van der Waals surface area contributed by atoms with Crippen LogP contribution in [0.3, 0.4) is 0 Å². The molecule has 1 aromatic carbocycles. The molecule has 4 atom stereocenters. The lowest BCUT2D eigenvalue weighted by atomic mass is 9.80. The second-order valence-electron chi connectivity index (χ2n) is 6.15. The van der Waals surface area contributed by atoms with Crippen LogP contribution in [0.1, 0.15) is 40.0 Å². The molecule has 112 valence electrons. The molecule has 2 rings (SSSR count). The van der Waals surface area contributed by atoms with Crippen molar-refractivity contribution in [3.63, 3.8) is 0 Å². The fourth-order valence-corrected chi connectivity index (χ4v) is 4.81. The first-order valence-electron chi connectivity index (χ1n) is 7.75. The molecule has 1 nitrogen and oxygen atoms in total. The number of nitrogens with one attached hydrogen (secondary N) is 1. The van der Waals surface area contributed by atoms with E-state index in [9.17, 15) is 0 Å². The highest BCUT2D eigenvalue weighted by Gasteiger charge is 2.34. The molecule has 1 aliphatic carbocycles. The normalized spacial score (nSPS) is 30.4. The summed E-state index contributed by atoms with van der Waals surface area (Å²) in [5.41, 5.74) is 0. The Kier molecular flexibility index (Phi) is 6.44. The van der Waals surface area contributed by atoms with Crippen molar-refractivity contribution in [2.45, 2.75) is 56.2 Å². The summed E-state index contributed by atoms with van der Waals surface area (Å²) in [5, 5.41) is 4.48. The Balaban J connectivity index is 2.05. The van der Waals surface area contributed by atoms with Gasteiger partial charge in [-0.2, -0.15) is 0 Å². The van der Waals surface area contributed by atoms with E-state index in [0.29, 0.717) is 11.3 Å². The molecule has 0 heterocycles. The van der Waals surface area contributed by atoms with Gasteiger partial charge in [0.25, 0.3) is 0 Å². The van der Waals surface area contributed by atoms with Crippen LogP contribution >= 0.6 is 27.7 Å². The second kappa shape index (κ2) is 7.86. The Morgan fingerprint density at radius 2 is 1.90 bits per heavy atom. The molecule has 1 N–H and O–H groups in total. The van der Waals surface area contributed by atoms with E-state index in [2.05, 4.69) is 78.0 Å². The average Bonchev–Trinajstić information content (AvgIpc) is 2.42. The van der Waals surface area contributed by atoms with Crippen LogP contribution in [0.25, 0.3) is 0 Å². The third kappa shape index (κ3) is 4.51. The number of thioether (sulfide) groups is 1. The van der Waals surface area contributed by atoms with Crippen LogP contribution in [-0.4, -0.2) is 17.8 Å². The summed E-state index contributed by atoms with van der Waals surface area (Å²) >= 11 is 5.57. The largest absolute Gasteiger partial charge is 0.313 e. The Bertz CT molecular complexity index is 406. The molecule has 1 saturated carbocycles. The van der Waals surface area contributed by atoms with Gasteiger partial charge in [-0.3, -0.25) is 0 Å². The van der Waals surface area contributed by atoms with Crippen molar-refractivity contribution in [1.29, 1.82) is 0 Å². The molecule has 20 heavy (non-hydrogen) atoms. The lowest BCUT2D eigenvalue weighted by Gasteiger charge is -2.40. The Labute approximate surface area is 136 Å². The smallest absolute Gasteiger partial charge is 0.0274 e. The molecule has 1 aliphatic rings. The van der Waals surface area contributed by atoms with Crippen LogP contribution in [-0.2, 0) is 0 Å². The van der Waals surface area contributed by atoms with E-state index in [4.69, 9.17) is 0 Å². The topological polar surface area (TPSA) is 12.0 Å². The number of halogens is 1. The van der Waals surface area contributed by atoms with Gasteiger partial charge in [0.1, 0.15) is 0 Å². The maximum atomic E-state index is 3.78. The van der Waals surface area contributed by atoms with Crippen LogP contribution in [0, 0.1) is 11.8 Å². The van der Waals surface area contributed by atoms with E-state index in [-0.39, 0.29) is 0 Å². The van der Waals surface area contributed by atoms with Crippen molar-refractivity contribution in [3.8, 4) is 0 Å². The van der Waals surface area contributed by atoms with E-state index < -0.39 is 0 Å². The molecular formula is C17H26BrNS. The highest BCUT2D eigenvalue weighted by molar-refractivity contribution is 9.10. The van der Waals surface area contributed by atoms with Gasteiger partial charge >= 0.3 is 0 Å². The highest BCUT2D eigenvalue weighted by Crippen LogP contribution is 2.39. The number of hydrogen-bond acceptors (Lipinski definition) is 2. The quantitative estimate of drug-likeness (QED) is 0.764. The average molecular weight is 356 g/mol. The van der Waals surface area contributed by atoms with Gasteiger partial charge in [0.15, 0.2) is 0 Å². The van der Waals surface area contributed by atoms with Crippen LogP contribution in [0.4, 0.5) is 0 Å². The zero-order chi connectivity index (χ0) is 14.5. The first-order chi connectivity index (χ1) is 9.60. The third-order valence-corrected chi connectivity index (χ3v) is 6.27. The van der Waals surface area contributed by atoms with Gasteiger partial charge in [0, 0.05) is 20.7 Å². The Morgan fingerprint density at radius 3 is 2.55 bits per heavy atom. The van der Waals surface area contributed by atoms with Crippen LogP contribution in [0.15, 0.2) is 33.6 Å². The number of rotatable bonds is 5. The monoisotopic (exact) mass is 355 g/mol. The van der Waals surface area contributed by atoms with Crippen molar-refractivity contribution in [2.75, 3.05) is 6.54 Å². The van der Waals surface area contributed by atoms with Crippen molar-refractivity contribution in [3.05, 3.63) is 28.7 Å². The van der Waals surface area contributed by atoms with E-state index >= 15 is 0 Å². The SMILES string of the molecule is CCCNC1CC(C)CC(C)C1Sc1ccc(Br)cc1. The first-order valence-corrected chi connectivity index (χ1v) is 9.43. The molecule has 0 spiro atoms. The predicted molar refractivity (Wildman–Crippen MR) is 93.4 cm³/mol. The minimum Gasteiger partial charge on any atom is -0.313 e. The Hall–Kier alpha value is 0.01000. The highest BCUT2D eigenvalue weighted by atomic mass is 79.9. The molecule has 0 saturated heterocycles. The van der Waals surface area contributed by atoms with Gasteiger partial charge in [-0.15, -0.1) is 11.8 Å². The van der Waals surface area contributed by atoms with Crippen molar-refractivity contribution < 1.29 is 0 Å². The molecule has 0 radical (unpaired) electrons. The summed E-state index contributed by atoms with van der Waals surface area (Å²) < 4.78 is 1.16. The molecule has 0 aliphatic heterocycles.